The summed E-state index contributed by atoms with van der Waals surface area (Å²) < 4.78 is 22.1. The molecule has 0 saturated carbocycles. The lowest BCUT2D eigenvalue weighted by molar-refractivity contribution is -0.150. The quantitative estimate of drug-likeness (QED) is 0.665. The van der Waals surface area contributed by atoms with Crippen molar-refractivity contribution in [3.63, 3.8) is 0 Å². The number of benzene rings is 1. The van der Waals surface area contributed by atoms with Crippen LogP contribution in [0.15, 0.2) is 12.1 Å². The number of hydrogen-bond acceptors (Lipinski definition) is 5. The number of carbonyl (C=O) groups excluding carboxylic acids is 1. The Hall–Kier alpha value is -1.75. The molecule has 5 rings (SSSR count). The van der Waals surface area contributed by atoms with Gasteiger partial charge < -0.3 is 18.9 Å². The largest absolute Gasteiger partial charge is 0.465 e. The van der Waals surface area contributed by atoms with Crippen molar-refractivity contribution in [3.05, 3.63) is 23.3 Å². The van der Waals surface area contributed by atoms with Crippen LogP contribution in [-0.4, -0.2) is 19.4 Å². The lowest BCUT2D eigenvalue weighted by Gasteiger charge is -2.29. The highest BCUT2D eigenvalue weighted by atomic mass is 16.7. The molecule has 2 saturated heterocycles. The highest BCUT2D eigenvalue weighted by Gasteiger charge is 2.67. The summed E-state index contributed by atoms with van der Waals surface area (Å²) in [6.45, 7) is 2.66. The number of hydrogen-bond donors (Lipinski definition) is 0. The second-order valence-electron chi connectivity index (χ2n) is 5.76. The van der Waals surface area contributed by atoms with Gasteiger partial charge >= 0.3 is 5.97 Å². The Balaban J connectivity index is 1.73. The van der Waals surface area contributed by atoms with Crippen molar-refractivity contribution in [1.29, 1.82) is 0 Å². The maximum absolute atomic E-state index is 12.1. The van der Waals surface area contributed by atoms with Crippen LogP contribution in [0.5, 0.6) is 11.5 Å². The Labute approximate surface area is 109 Å². The molecule has 5 nitrogen and oxygen atoms in total. The predicted molar refractivity (Wildman–Crippen MR) is 61.7 cm³/mol. The zero-order valence-electron chi connectivity index (χ0n) is 10.3. The topological polar surface area (TPSA) is 54.0 Å². The van der Waals surface area contributed by atoms with Crippen LogP contribution in [0.4, 0.5) is 0 Å². The summed E-state index contributed by atoms with van der Waals surface area (Å²) in [7, 11) is 0. The van der Waals surface area contributed by atoms with Crippen molar-refractivity contribution < 1.29 is 23.7 Å². The molecule has 1 aromatic carbocycles. The van der Waals surface area contributed by atoms with E-state index in [2.05, 4.69) is 0 Å². The molecule has 2 bridgehead atoms. The van der Waals surface area contributed by atoms with Gasteiger partial charge in [0.2, 0.25) is 6.79 Å². The molecule has 0 spiro atoms. The van der Waals surface area contributed by atoms with Gasteiger partial charge in [0.15, 0.2) is 11.5 Å². The van der Waals surface area contributed by atoms with E-state index in [-0.39, 0.29) is 30.9 Å². The summed E-state index contributed by atoms with van der Waals surface area (Å²) in [6, 6.07) is 3.94. The first-order valence-electron chi connectivity index (χ1n) is 6.45. The molecular weight excluding hydrogens is 248 g/mol. The van der Waals surface area contributed by atoms with Crippen LogP contribution < -0.4 is 9.47 Å². The van der Waals surface area contributed by atoms with Gasteiger partial charge in [-0.1, -0.05) is 0 Å². The van der Waals surface area contributed by atoms with E-state index >= 15 is 0 Å². The van der Waals surface area contributed by atoms with Crippen molar-refractivity contribution in [2.75, 3.05) is 13.4 Å². The Bertz CT molecular complexity index is 625. The summed E-state index contributed by atoms with van der Waals surface area (Å²) >= 11 is 0. The molecular formula is C14H12O5. The van der Waals surface area contributed by atoms with Crippen LogP contribution in [0.2, 0.25) is 0 Å². The fourth-order valence-electron chi connectivity index (χ4n) is 3.86. The maximum Gasteiger partial charge on any atom is 0.315 e. The Morgan fingerprint density at radius 2 is 1.89 bits per heavy atom. The average Bonchev–Trinajstić information content (AvgIpc) is 3.10. The molecule has 98 valence electrons. The average molecular weight is 260 g/mol. The molecule has 0 unspecified atom stereocenters. The van der Waals surface area contributed by atoms with Crippen molar-refractivity contribution in [3.8, 4) is 11.5 Å². The van der Waals surface area contributed by atoms with Crippen LogP contribution in [0, 0.1) is 11.3 Å². The molecule has 0 amide bonds. The number of fused-ring (bicyclic) bond motifs is 9. The lowest BCUT2D eigenvalue weighted by Crippen LogP contribution is -2.34. The first-order chi connectivity index (χ1) is 9.19. The van der Waals surface area contributed by atoms with E-state index in [9.17, 15) is 4.79 Å². The van der Waals surface area contributed by atoms with Gasteiger partial charge in [0.05, 0.1) is 12.7 Å². The van der Waals surface area contributed by atoms with Gasteiger partial charge in [0.25, 0.3) is 0 Å². The van der Waals surface area contributed by atoms with Crippen LogP contribution in [-0.2, 0) is 14.3 Å². The predicted octanol–water partition coefficient (Wildman–Crippen LogP) is 1.72. The molecule has 4 atom stereocenters. The van der Waals surface area contributed by atoms with Crippen molar-refractivity contribution >= 4 is 5.97 Å². The smallest absolute Gasteiger partial charge is 0.315 e. The number of esters is 1. The molecule has 0 radical (unpaired) electrons. The maximum atomic E-state index is 12.1. The van der Waals surface area contributed by atoms with Crippen LogP contribution in [0.1, 0.15) is 30.3 Å². The monoisotopic (exact) mass is 260 g/mol. The minimum atomic E-state index is -0.550. The van der Waals surface area contributed by atoms with E-state index in [0.29, 0.717) is 6.61 Å². The third kappa shape index (κ3) is 0.940. The van der Waals surface area contributed by atoms with Gasteiger partial charge in [-0.25, -0.2) is 0 Å². The highest BCUT2D eigenvalue weighted by Crippen LogP contribution is 2.67. The van der Waals surface area contributed by atoms with Crippen molar-refractivity contribution in [2.45, 2.75) is 19.1 Å². The number of ether oxygens (including phenoxy) is 4. The lowest BCUT2D eigenvalue weighted by atomic mass is 9.67. The zero-order chi connectivity index (χ0) is 12.8. The van der Waals surface area contributed by atoms with Gasteiger partial charge in [-0.05, 0) is 30.2 Å². The number of rotatable bonds is 0. The Morgan fingerprint density at radius 3 is 2.68 bits per heavy atom. The van der Waals surface area contributed by atoms with E-state index in [0.717, 1.165) is 22.6 Å². The minimum Gasteiger partial charge on any atom is -0.465 e. The van der Waals surface area contributed by atoms with Gasteiger partial charge in [0.1, 0.15) is 11.5 Å². The molecule has 1 aromatic rings. The standard InChI is InChI=1S/C14H12O5/c1-14-8(4-16-13(14)15)11-6-2-9-10(18-5-17-9)3-7(6)12(14)19-11/h2-3,8,11-12H,4-5H2,1H3/t8-,11+,12-,14-/m1/s1. The zero-order valence-corrected chi connectivity index (χ0v) is 10.3. The van der Waals surface area contributed by atoms with Gasteiger partial charge in [0, 0.05) is 5.92 Å². The van der Waals surface area contributed by atoms with Crippen LogP contribution >= 0.6 is 0 Å². The third-order valence-corrected chi connectivity index (χ3v) is 4.96. The summed E-state index contributed by atoms with van der Waals surface area (Å²) in [6.07, 6.45) is -0.284. The molecule has 4 aliphatic rings. The fourth-order valence-corrected chi connectivity index (χ4v) is 3.86. The van der Waals surface area contributed by atoms with Crippen molar-refractivity contribution in [1.82, 2.24) is 0 Å². The molecule has 4 aliphatic heterocycles. The van der Waals surface area contributed by atoms with E-state index in [1.165, 1.54) is 0 Å². The van der Waals surface area contributed by atoms with E-state index in [1.54, 1.807) is 0 Å². The highest BCUT2D eigenvalue weighted by molar-refractivity contribution is 5.82. The number of carbonyl (C=O) groups is 1. The first kappa shape index (κ1) is 10.1. The number of cyclic esters (lactones) is 1. The molecule has 5 heteroatoms. The van der Waals surface area contributed by atoms with Gasteiger partial charge in [-0.2, -0.15) is 0 Å². The summed E-state index contributed by atoms with van der Waals surface area (Å²) in [5.41, 5.74) is 1.62. The van der Waals surface area contributed by atoms with E-state index in [4.69, 9.17) is 18.9 Å². The second-order valence-corrected chi connectivity index (χ2v) is 5.76. The van der Waals surface area contributed by atoms with Crippen molar-refractivity contribution in [2.24, 2.45) is 11.3 Å². The summed E-state index contributed by atoms with van der Waals surface area (Å²) in [5.74, 6) is 1.47. The van der Waals surface area contributed by atoms with E-state index < -0.39 is 5.41 Å². The van der Waals surface area contributed by atoms with Gasteiger partial charge in [-0.3, -0.25) is 4.79 Å². The SMILES string of the molecule is C[C@@]12C(=O)OC[C@@H]1[C@H]1O[C@@H]2c2cc3c(cc21)OCO3. The molecule has 0 N–H and O–H groups in total. The van der Waals surface area contributed by atoms with Crippen LogP contribution in [0.25, 0.3) is 0 Å². The van der Waals surface area contributed by atoms with E-state index in [1.807, 2.05) is 19.1 Å². The fraction of sp³-hybridized carbons (Fsp3) is 0.500. The second kappa shape index (κ2) is 2.88. The minimum absolute atomic E-state index is 0.0639. The third-order valence-electron chi connectivity index (χ3n) is 4.96. The molecule has 2 fully saturated rings. The normalized spacial score (nSPS) is 40.3. The Kier molecular flexibility index (Phi) is 1.53. The first-order valence-corrected chi connectivity index (χ1v) is 6.45. The van der Waals surface area contributed by atoms with Gasteiger partial charge in [-0.15, -0.1) is 0 Å². The summed E-state index contributed by atoms with van der Waals surface area (Å²) in [5, 5.41) is 0. The molecule has 4 heterocycles. The summed E-state index contributed by atoms with van der Waals surface area (Å²) in [4.78, 5) is 12.1. The van der Waals surface area contributed by atoms with Crippen LogP contribution in [0.3, 0.4) is 0 Å². The molecule has 0 aromatic heterocycles. The molecule has 19 heavy (non-hydrogen) atoms. The molecule has 0 aliphatic carbocycles. The Morgan fingerprint density at radius 1 is 1.16 bits per heavy atom.